The van der Waals surface area contributed by atoms with Crippen LogP contribution in [-0.4, -0.2) is 12.5 Å². The predicted octanol–water partition coefficient (Wildman–Crippen LogP) is 10.9. The molecule has 0 spiro atoms. The summed E-state index contributed by atoms with van der Waals surface area (Å²) in [6, 6.07) is 30.1. The highest BCUT2D eigenvalue weighted by atomic mass is 19.4. The Labute approximate surface area is 256 Å². The van der Waals surface area contributed by atoms with Crippen molar-refractivity contribution in [3.05, 3.63) is 126 Å². The van der Waals surface area contributed by atoms with E-state index < -0.39 is 23.5 Å². The van der Waals surface area contributed by atoms with E-state index in [-0.39, 0.29) is 17.0 Å². The fourth-order valence-corrected chi connectivity index (χ4v) is 5.83. The Hall–Kier alpha value is -4.85. The molecule has 1 aliphatic heterocycles. The minimum atomic E-state index is -4.50. The molecule has 0 unspecified atom stereocenters. The molecule has 0 aliphatic carbocycles. The second kappa shape index (κ2) is 11.9. The van der Waals surface area contributed by atoms with Gasteiger partial charge in [-0.3, -0.25) is 4.79 Å². The molecule has 0 atom stereocenters. The number of piperidine rings is 1. The van der Waals surface area contributed by atoms with E-state index in [9.17, 15) is 31.1 Å². The molecule has 0 N–H and O–H groups in total. The summed E-state index contributed by atoms with van der Waals surface area (Å²) in [6.45, 7) is 0.558. The zero-order chi connectivity index (χ0) is 31.8. The molecule has 1 saturated heterocycles. The number of rotatable bonds is 5. The Morgan fingerprint density at radius 1 is 0.489 bits per heavy atom. The second-order valence-corrected chi connectivity index (χ2v) is 11.0. The molecule has 0 radical (unpaired) electrons. The van der Waals surface area contributed by atoms with Gasteiger partial charge in [-0.1, -0.05) is 84.9 Å². The van der Waals surface area contributed by atoms with Crippen LogP contribution in [0.25, 0.3) is 44.5 Å². The molecule has 1 aliphatic rings. The fraction of sp³-hybridized carbons (Fsp3) is 0.162. The smallest absolute Gasteiger partial charge is 0.312 e. The second-order valence-electron chi connectivity index (χ2n) is 11.0. The molecular formula is C37H27F6NO. The standard InChI is InChI=1S/C37H27F6NO/c38-36(39,40)33-9-3-1-7-31(33)26-16-12-24(13-17-26)28-21-29(23-30(22-28)44-20-6-5-11-35(44)45)25-14-18-27(19-15-25)32-8-2-4-10-34(32)37(41,42)43/h1-4,7-10,12-19,21-23H,5-6,11,20H2. The van der Waals surface area contributed by atoms with Crippen LogP contribution in [0.5, 0.6) is 0 Å². The van der Waals surface area contributed by atoms with Crippen molar-refractivity contribution in [2.24, 2.45) is 0 Å². The zero-order valence-corrected chi connectivity index (χ0v) is 23.9. The van der Waals surface area contributed by atoms with Crippen LogP contribution in [0.15, 0.2) is 115 Å². The van der Waals surface area contributed by atoms with Gasteiger partial charge in [0.15, 0.2) is 0 Å². The van der Waals surface area contributed by atoms with Gasteiger partial charge in [-0.25, -0.2) is 0 Å². The topological polar surface area (TPSA) is 20.3 Å². The van der Waals surface area contributed by atoms with Gasteiger partial charge in [0.2, 0.25) is 5.91 Å². The maximum Gasteiger partial charge on any atom is 0.417 e. The van der Waals surface area contributed by atoms with Crippen LogP contribution >= 0.6 is 0 Å². The van der Waals surface area contributed by atoms with E-state index >= 15 is 0 Å². The molecule has 228 valence electrons. The summed E-state index contributed by atoms with van der Waals surface area (Å²) in [5, 5.41) is 0. The molecule has 1 amide bonds. The minimum Gasteiger partial charge on any atom is -0.312 e. The monoisotopic (exact) mass is 615 g/mol. The maximum absolute atomic E-state index is 13.6. The number of nitrogens with zero attached hydrogens (tertiary/aromatic N) is 1. The lowest BCUT2D eigenvalue weighted by Gasteiger charge is -2.28. The van der Waals surface area contributed by atoms with Gasteiger partial charge in [0, 0.05) is 18.7 Å². The summed E-state index contributed by atoms with van der Waals surface area (Å²) in [6.07, 6.45) is -6.90. The van der Waals surface area contributed by atoms with E-state index in [2.05, 4.69) is 0 Å². The van der Waals surface area contributed by atoms with E-state index in [0.29, 0.717) is 29.8 Å². The quantitative estimate of drug-likeness (QED) is 0.180. The number of alkyl halides is 6. The molecule has 45 heavy (non-hydrogen) atoms. The van der Waals surface area contributed by atoms with Crippen molar-refractivity contribution in [1.82, 2.24) is 0 Å². The van der Waals surface area contributed by atoms with Crippen molar-refractivity contribution in [1.29, 1.82) is 0 Å². The van der Waals surface area contributed by atoms with Crippen molar-refractivity contribution in [3.63, 3.8) is 0 Å². The van der Waals surface area contributed by atoms with Gasteiger partial charge >= 0.3 is 12.4 Å². The maximum atomic E-state index is 13.6. The van der Waals surface area contributed by atoms with Crippen LogP contribution in [0.4, 0.5) is 32.0 Å². The molecule has 0 saturated carbocycles. The van der Waals surface area contributed by atoms with Gasteiger partial charge in [-0.2, -0.15) is 26.3 Å². The predicted molar refractivity (Wildman–Crippen MR) is 164 cm³/mol. The molecular weight excluding hydrogens is 588 g/mol. The number of hydrogen-bond acceptors (Lipinski definition) is 1. The molecule has 6 rings (SSSR count). The van der Waals surface area contributed by atoms with Gasteiger partial charge in [-0.05, 0) is 87.7 Å². The number of amides is 1. The molecule has 2 nitrogen and oxygen atoms in total. The summed E-state index contributed by atoms with van der Waals surface area (Å²) in [5.41, 5.74) is 3.25. The highest BCUT2D eigenvalue weighted by molar-refractivity contribution is 5.96. The Morgan fingerprint density at radius 3 is 1.33 bits per heavy atom. The number of carbonyl (C=O) groups is 1. The SMILES string of the molecule is O=C1CCCCN1c1cc(-c2ccc(-c3ccccc3C(F)(F)F)cc2)cc(-c2ccc(-c3ccccc3C(F)(F)F)cc2)c1. The van der Waals surface area contributed by atoms with Crippen LogP contribution in [0.1, 0.15) is 30.4 Å². The summed E-state index contributed by atoms with van der Waals surface area (Å²) >= 11 is 0. The summed E-state index contributed by atoms with van der Waals surface area (Å²) in [7, 11) is 0. The first kappa shape index (κ1) is 30.2. The number of hydrogen-bond donors (Lipinski definition) is 0. The molecule has 1 heterocycles. The lowest BCUT2D eigenvalue weighted by atomic mass is 9.93. The average Bonchev–Trinajstić information content (AvgIpc) is 3.04. The third-order valence-corrected chi connectivity index (χ3v) is 8.08. The summed E-state index contributed by atoms with van der Waals surface area (Å²) < 4.78 is 81.9. The third-order valence-electron chi connectivity index (χ3n) is 8.08. The first-order valence-corrected chi connectivity index (χ1v) is 14.5. The first-order chi connectivity index (χ1) is 21.5. The largest absolute Gasteiger partial charge is 0.417 e. The Bertz CT molecular complexity index is 1720. The van der Waals surface area contributed by atoms with Crippen molar-refractivity contribution in [2.75, 3.05) is 11.4 Å². The van der Waals surface area contributed by atoms with E-state index in [1.807, 2.05) is 18.2 Å². The van der Waals surface area contributed by atoms with Crippen molar-refractivity contribution in [2.45, 2.75) is 31.6 Å². The highest BCUT2D eigenvalue weighted by Gasteiger charge is 2.34. The fourth-order valence-electron chi connectivity index (χ4n) is 5.83. The van der Waals surface area contributed by atoms with E-state index in [4.69, 9.17) is 0 Å². The number of benzene rings is 5. The van der Waals surface area contributed by atoms with Gasteiger partial charge in [-0.15, -0.1) is 0 Å². The summed E-state index contributed by atoms with van der Waals surface area (Å²) in [4.78, 5) is 14.6. The molecule has 0 bridgehead atoms. The van der Waals surface area contributed by atoms with Crippen LogP contribution in [0.3, 0.4) is 0 Å². The van der Waals surface area contributed by atoms with Crippen LogP contribution < -0.4 is 4.90 Å². The van der Waals surface area contributed by atoms with E-state index in [1.165, 1.54) is 24.3 Å². The van der Waals surface area contributed by atoms with Gasteiger partial charge in [0.25, 0.3) is 0 Å². The average molecular weight is 616 g/mol. The van der Waals surface area contributed by atoms with Crippen molar-refractivity contribution in [3.8, 4) is 44.5 Å². The molecule has 1 fully saturated rings. The van der Waals surface area contributed by atoms with Crippen LogP contribution in [0.2, 0.25) is 0 Å². The molecule has 8 heteroatoms. The van der Waals surface area contributed by atoms with Gasteiger partial charge in [0.05, 0.1) is 11.1 Å². The lowest BCUT2D eigenvalue weighted by Crippen LogP contribution is -2.35. The highest BCUT2D eigenvalue weighted by Crippen LogP contribution is 2.40. The molecule has 0 aromatic heterocycles. The number of carbonyl (C=O) groups excluding carboxylic acids is 1. The van der Waals surface area contributed by atoms with E-state index in [0.717, 1.165) is 47.2 Å². The Balaban J connectivity index is 1.40. The van der Waals surface area contributed by atoms with Gasteiger partial charge in [0.1, 0.15) is 0 Å². The normalized spacial score (nSPS) is 14.1. The van der Waals surface area contributed by atoms with E-state index in [1.54, 1.807) is 65.6 Å². The number of anilines is 1. The Kier molecular flexibility index (Phi) is 7.99. The minimum absolute atomic E-state index is 0.00237. The molecule has 5 aromatic rings. The molecule has 5 aromatic carbocycles. The van der Waals surface area contributed by atoms with Crippen LogP contribution in [0, 0.1) is 0 Å². The Morgan fingerprint density at radius 2 is 0.911 bits per heavy atom. The van der Waals surface area contributed by atoms with Crippen LogP contribution in [-0.2, 0) is 17.1 Å². The number of halogens is 6. The van der Waals surface area contributed by atoms with Gasteiger partial charge < -0.3 is 4.90 Å². The zero-order valence-electron chi connectivity index (χ0n) is 23.9. The third kappa shape index (κ3) is 6.36. The lowest BCUT2D eigenvalue weighted by molar-refractivity contribution is -0.137. The first-order valence-electron chi connectivity index (χ1n) is 14.5. The van der Waals surface area contributed by atoms with Crippen molar-refractivity contribution >= 4 is 11.6 Å². The summed E-state index contributed by atoms with van der Waals surface area (Å²) in [5.74, 6) is 0.00237. The van der Waals surface area contributed by atoms with Crippen molar-refractivity contribution < 1.29 is 31.1 Å².